The van der Waals surface area contributed by atoms with Gasteiger partial charge in [0.05, 0.1) is 12.7 Å². The fraction of sp³-hybridized carbons (Fsp3) is 0.0909. The maximum atomic E-state index is 12.6. The molecule has 1 aliphatic heterocycles. The van der Waals surface area contributed by atoms with Gasteiger partial charge in [-0.05, 0) is 48.2 Å². The zero-order valence-corrected chi connectivity index (χ0v) is 16.0. The Morgan fingerprint density at radius 3 is 2.71 bits per heavy atom. The molecule has 0 N–H and O–H groups in total. The van der Waals surface area contributed by atoms with E-state index < -0.39 is 5.97 Å². The minimum atomic E-state index is -0.549. The summed E-state index contributed by atoms with van der Waals surface area (Å²) < 4.78 is 16.3. The molecule has 0 bridgehead atoms. The zero-order valence-electron chi connectivity index (χ0n) is 15.2. The Hall–Kier alpha value is -3.38. The Labute approximate surface area is 165 Å². The Bertz CT molecular complexity index is 1110. The lowest BCUT2D eigenvalue weighted by Crippen LogP contribution is -2.10. The van der Waals surface area contributed by atoms with E-state index in [9.17, 15) is 9.59 Å². The van der Waals surface area contributed by atoms with Crippen molar-refractivity contribution in [2.24, 2.45) is 0 Å². The van der Waals surface area contributed by atoms with Crippen LogP contribution in [0.1, 0.15) is 31.2 Å². The summed E-state index contributed by atoms with van der Waals surface area (Å²) in [5.41, 5.74) is 1.84. The van der Waals surface area contributed by atoms with Crippen molar-refractivity contribution in [2.45, 2.75) is 6.92 Å². The van der Waals surface area contributed by atoms with Gasteiger partial charge in [-0.3, -0.25) is 4.79 Å². The first-order valence-electron chi connectivity index (χ1n) is 8.54. The van der Waals surface area contributed by atoms with Gasteiger partial charge in [-0.1, -0.05) is 12.1 Å². The van der Waals surface area contributed by atoms with Gasteiger partial charge >= 0.3 is 5.97 Å². The Kier molecular flexibility index (Phi) is 4.71. The van der Waals surface area contributed by atoms with Crippen molar-refractivity contribution in [3.05, 3.63) is 81.2 Å². The Morgan fingerprint density at radius 1 is 1.14 bits per heavy atom. The fourth-order valence-corrected chi connectivity index (χ4v) is 3.71. The average Bonchev–Trinajstić information content (AvgIpc) is 3.25. The van der Waals surface area contributed by atoms with Crippen molar-refractivity contribution < 1.29 is 23.8 Å². The number of para-hydroxylation sites is 1. The standard InChI is InChI=1S/C22H16O5S/c1-13-9-10-28-20(13)12-19-21(23)15-8-7-14(11-18(15)27-19)26-22(24)16-5-3-4-6-17(16)25-2/h3-12H,1-2H3. The lowest BCUT2D eigenvalue weighted by Gasteiger charge is -2.08. The van der Waals surface area contributed by atoms with Crippen LogP contribution in [-0.4, -0.2) is 18.9 Å². The molecule has 2 aromatic carbocycles. The maximum Gasteiger partial charge on any atom is 0.347 e. The highest BCUT2D eigenvalue weighted by Crippen LogP contribution is 2.36. The molecule has 2 heterocycles. The second kappa shape index (κ2) is 7.32. The summed E-state index contributed by atoms with van der Waals surface area (Å²) >= 11 is 1.54. The second-order valence-electron chi connectivity index (χ2n) is 6.16. The monoisotopic (exact) mass is 392 g/mol. The molecule has 1 aromatic heterocycles. The van der Waals surface area contributed by atoms with Gasteiger partial charge in [-0.15, -0.1) is 11.3 Å². The molecule has 0 atom stereocenters. The van der Waals surface area contributed by atoms with Crippen molar-refractivity contribution in [1.29, 1.82) is 0 Å². The number of ketones is 1. The van der Waals surface area contributed by atoms with Gasteiger partial charge in [0, 0.05) is 17.0 Å². The molecule has 0 unspecified atom stereocenters. The van der Waals surface area contributed by atoms with E-state index in [2.05, 4.69) is 0 Å². The van der Waals surface area contributed by atoms with E-state index in [0.717, 1.165) is 10.4 Å². The number of carbonyl (C=O) groups excluding carboxylic acids is 2. The number of rotatable bonds is 4. The molecule has 0 radical (unpaired) electrons. The number of hydrogen-bond donors (Lipinski definition) is 0. The first-order chi connectivity index (χ1) is 13.6. The lowest BCUT2D eigenvalue weighted by molar-refractivity contribution is 0.0731. The molecule has 5 nitrogen and oxygen atoms in total. The third-order valence-corrected chi connectivity index (χ3v) is 5.31. The van der Waals surface area contributed by atoms with Crippen LogP contribution in [-0.2, 0) is 0 Å². The van der Waals surface area contributed by atoms with E-state index in [1.807, 2.05) is 18.4 Å². The van der Waals surface area contributed by atoms with Gasteiger partial charge in [-0.25, -0.2) is 4.79 Å². The first-order valence-corrected chi connectivity index (χ1v) is 9.42. The predicted molar refractivity (Wildman–Crippen MR) is 106 cm³/mol. The van der Waals surface area contributed by atoms with Gasteiger partial charge in [0.25, 0.3) is 0 Å². The molecule has 4 rings (SSSR count). The molecule has 0 amide bonds. The van der Waals surface area contributed by atoms with Gasteiger partial charge in [0.15, 0.2) is 5.76 Å². The van der Waals surface area contributed by atoms with Crippen molar-refractivity contribution >= 4 is 29.2 Å². The van der Waals surface area contributed by atoms with Crippen molar-refractivity contribution in [2.75, 3.05) is 7.11 Å². The highest BCUT2D eigenvalue weighted by molar-refractivity contribution is 7.11. The smallest absolute Gasteiger partial charge is 0.347 e. The van der Waals surface area contributed by atoms with E-state index in [1.54, 1.807) is 48.5 Å². The van der Waals surface area contributed by atoms with Crippen LogP contribution in [0.25, 0.3) is 6.08 Å². The number of benzene rings is 2. The molecule has 0 saturated carbocycles. The van der Waals surface area contributed by atoms with Crippen LogP contribution in [0.2, 0.25) is 0 Å². The number of aryl methyl sites for hydroxylation is 1. The normalized spacial score (nSPS) is 13.9. The first kappa shape index (κ1) is 18.0. The van der Waals surface area contributed by atoms with Crippen molar-refractivity contribution in [3.8, 4) is 17.2 Å². The predicted octanol–water partition coefficient (Wildman–Crippen LogP) is 4.90. The van der Waals surface area contributed by atoms with Crippen LogP contribution in [0, 0.1) is 6.92 Å². The van der Waals surface area contributed by atoms with Crippen LogP contribution < -0.4 is 14.2 Å². The number of carbonyl (C=O) groups is 2. The molecule has 1 aliphatic rings. The van der Waals surface area contributed by atoms with Crippen molar-refractivity contribution in [3.63, 3.8) is 0 Å². The molecule has 0 saturated heterocycles. The molecule has 140 valence electrons. The number of allylic oxidation sites excluding steroid dienone is 1. The number of ether oxygens (including phenoxy) is 3. The Balaban J connectivity index is 1.57. The second-order valence-corrected chi connectivity index (χ2v) is 7.10. The van der Waals surface area contributed by atoms with Gasteiger partial charge in [-0.2, -0.15) is 0 Å². The van der Waals surface area contributed by atoms with E-state index >= 15 is 0 Å². The SMILES string of the molecule is COc1ccccc1C(=O)Oc1ccc2c(c1)OC(=Cc1sccc1C)C2=O. The minimum Gasteiger partial charge on any atom is -0.496 e. The third-order valence-electron chi connectivity index (χ3n) is 4.34. The summed E-state index contributed by atoms with van der Waals surface area (Å²) in [5, 5.41) is 1.96. The summed E-state index contributed by atoms with van der Waals surface area (Å²) in [5.74, 6) is 0.606. The molecule has 0 spiro atoms. The average molecular weight is 392 g/mol. The number of thiophene rings is 1. The summed E-state index contributed by atoms with van der Waals surface area (Å²) in [7, 11) is 1.49. The topological polar surface area (TPSA) is 61.8 Å². The summed E-state index contributed by atoms with van der Waals surface area (Å²) in [6.45, 7) is 1.98. The summed E-state index contributed by atoms with van der Waals surface area (Å²) in [6.07, 6.45) is 1.74. The van der Waals surface area contributed by atoms with Crippen LogP contribution in [0.15, 0.2) is 59.7 Å². The Morgan fingerprint density at radius 2 is 1.96 bits per heavy atom. The molecule has 0 fully saturated rings. The van der Waals surface area contributed by atoms with Crippen LogP contribution in [0.3, 0.4) is 0 Å². The van der Waals surface area contributed by atoms with Gasteiger partial charge in [0.1, 0.15) is 22.8 Å². The number of Topliss-reactive ketones (excluding diaryl/α,β-unsaturated/α-hetero) is 1. The summed E-state index contributed by atoms with van der Waals surface area (Å²) in [6, 6.07) is 13.5. The molecular weight excluding hydrogens is 376 g/mol. The number of hydrogen-bond acceptors (Lipinski definition) is 6. The molecule has 3 aromatic rings. The highest BCUT2D eigenvalue weighted by atomic mass is 32.1. The molecular formula is C22H16O5S. The molecule has 6 heteroatoms. The fourth-order valence-electron chi connectivity index (χ4n) is 2.86. The van der Waals surface area contributed by atoms with E-state index in [-0.39, 0.29) is 17.3 Å². The van der Waals surface area contributed by atoms with Gasteiger partial charge < -0.3 is 14.2 Å². The zero-order chi connectivity index (χ0) is 19.7. The number of esters is 1. The van der Waals surface area contributed by atoms with Gasteiger partial charge in [0.2, 0.25) is 5.78 Å². The third kappa shape index (κ3) is 3.30. The van der Waals surface area contributed by atoms with Crippen molar-refractivity contribution in [1.82, 2.24) is 0 Å². The molecule has 28 heavy (non-hydrogen) atoms. The van der Waals surface area contributed by atoms with E-state index in [4.69, 9.17) is 14.2 Å². The number of fused-ring (bicyclic) bond motifs is 1. The molecule has 0 aliphatic carbocycles. The maximum absolute atomic E-state index is 12.6. The van der Waals surface area contributed by atoms with E-state index in [0.29, 0.717) is 22.6 Å². The summed E-state index contributed by atoms with van der Waals surface area (Å²) in [4.78, 5) is 26.0. The largest absolute Gasteiger partial charge is 0.496 e. The van der Waals surface area contributed by atoms with Crippen LogP contribution in [0.5, 0.6) is 17.2 Å². The van der Waals surface area contributed by atoms with E-state index in [1.165, 1.54) is 18.4 Å². The lowest BCUT2D eigenvalue weighted by atomic mass is 10.1. The number of methoxy groups -OCH3 is 1. The highest BCUT2D eigenvalue weighted by Gasteiger charge is 2.28. The van der Waals surface area contributed by atoms with Crippen LogP contribution in [0.4, 0.5) is 0 Å². The quantitative estimate of drug-likeness (QED) is 0.359. The van der Waals surface area contributed by atoms with Crippen LogP contribution >= 0.6 is 11.3 Å². The minimum absolute atomic E-state index is 0.189.